The lowest BCUT2D eigenvalue weighted by Gasteiger charge is -2.22. The van der Waals surface area contributed by atoms with Gasteiger partial charge in [0.25, 0.3) is 0 Å². The van der Waals surface area contributed by atoms with Crippen LogP contribution in [0.15, 0.2) is 97.3 Å². The normalized spacial score (nSPS) is 13.7. The number of benzene rings is 3. The molecule has 1 aliphatic rings. The van der Waals surface area contributed by atoms with Crippen molar-refractivity contribution in [3.05, 3.63) is 108 Å². The summed E-state index contributed by atoms with van der Waals surface area (Å²) in [4.78, 5) is 9.04. The average molecular weight is 399 g/mol. The molecule has 3 aromatic carbocycles. The largest absolute Gasteiger partial charge is 0.256 e. The average Bonchev–Trinajstić information content (AvgIpc) is 3.04. The minimum atomic E-state index is -0.0553. The van der Waals surface area contributed by atoms with Gasteiger partial charge in [0.2, 0.25) is 0 Å². The molecule has 0 saturated carbocycles. The van der Waals surface area contributed by atoms with E-state index in [9.17, 15) is 0 Å². The summed E-state index contributed by atoms with van der Waals surface area (Å²) >= 11 is 0. The van der Waals surface area contributed by atoms with Crippen LogP contribution in [0.25, 0.3) is 44.4 Å². The van der Waals surface area contributed by atoms with E-state index in [1.807, 2.05) is 36.7 Å². The summed E-state index contributed by atoms with van der Waals surface area (Å²) < 4.78 is 0. The summed E-state index contributed by atoms with van der Waals surface area (Å²) in [6, 6.07) is 30.3. The second kappa shape index (κ2) is 6.61. The Morgan fingerprint density at radius 3 is 2.13 bits per heavy atom. The summed E-state index contributed by atoms with van der Waals surface area (Å²) in [6.07, 6.45) is 3.71. The third kappa shape index (κ3) is 2.79. The lowest BCUT2D eigenvalue weighted by Crippen LogP contribution is -2.15. The first-order chi connectivity index (χ1) is 15.1. The Labute approximate surface area is 182 Å². The molecule has 0 spiro atoms. The molecule has 0 atom stereocenters. The zero-order valence-corrected chi connectivity index (χ0v) is 17.6. The summed E-state index contributed by atoms with van der Waals surface area (Å²) in [7, 11) is 0. The SMILES string of the molecule is CC1(C)c2cc(-c3ccc(-c4ccccn4)cc3)ccc2-c2cc3cccnc3cc21. The number of hydrogen-bond donors (Lipinski definition) is 0. The Hall–Kier alpha value is -3.78. The molecule has 0 amide bonds. The molecule has 0 unspecified atom stereocenters. The number of pyridine rings is 2. The van der Waals surface area contributed by atoms with Crippen molar-refractivity contribution in [3.63, 3.8) is 0 Å². The van der Waals surface area contributed by atoms with Gasteiger partial charge in [-0.3, -0.25) is 9.97 Å². The van der Waals surface area contributed by atoms with E-state index < -0.39 is 0 Å². The van der Waals surface area contributed by atoms with Crippen LogP contribution in [0.1, 0.15) is 25.0 Å². The van der Waals surface area contributed by atoms with Crippen LogP contribution in [0.5, 0.6) is 0 Å². The van der Waals surface area contributed by atoms with Gasteiger partial charge in [0.05, 0.1) is 11.2 Å². The number of fused-ring (bicyclic) bond motifs is 4. The van der Waals surface area contributed by atoms with Crippen LogP contribution in [0.3, 0.4) is 0 Å². The lowest BCUT2D eigenvalue weighted by molar-refractivity contribution is 0.661. The Bertz CT molecular complexity index is 1430. The topological polar surface area (TPSA) is 25.8 Å². The van der Waals surface area contributed by atoms with Gasteiger partial charge in [-0.15, -0.1) is 0 Å². The molecular formula is C29H22N2. The highest BCUT2D eigenvalue weighted by Gasteiger charge is 2.36. The number of nitrogens with zero attached hydrogens (tertiary/aromatic N) is 2. The molecule has 5 aromatic rings. The maximum absolute atomic E-state index is 4.58. The van der Waals surface area contributed by atoms with Gasteiger partial charge in [-0.05, 0) is 69.8 Å². The van der Waals surface area contributed by atoms with Crippen molar-refractivity contribution in [2.45, 2.75) is 19.3 Å². The summed E-state index contributed by atoms with van der Waals surface area (Å²) in [5, 5.41) is 1.19. The van der Waals surface area contributed by atoms with Crippen LogP contribution < -0.4 is 0 Å². The molecule has 1 aliphatic carbocycles. The van der Waals surface area contributed by atoms with Crippen LogP contribution in [0.2, 0.25) is 0 Å². The van der Waals surface area contributed by atoms with Gasteiger partial charge in [-0.2, -0.15) is 0 Å². The Morgan fingerprint density at radius 2 is 1.32 bits per heavy atom. The maximum Gasteiger partial charge on any atom is 0.0705 e. The first-order valence-electron chi connectivity index (χ1n) is 10.7. The molecule has 0 fully saturated rings. The van der Waals surface area contributed by atoms with Crippen LogP contribution in [-0.2, 0) is 5.41 Å². The standard InChI is InChI=1S/C29H22N2/c1-29(2)25-17-21(19-8-10-20(11-9-19)27-7-3-4-14-30-27)12-13-23(25)24-16-22-6-5-15-31-28(22)18-26(24)29/h3-18H,1-2H3. The minimum Gasteiger partial charge on any atom is -0.256 e. The number of aromatic nitrogens is 2. The zero-order chi connectivity index (χ0) is 21.0. The van der Waals surface area contributed by atoms with E-state index in [-0.39, 0.29) is 5.41 Å². The van der Waals surface area contributed by atoms with Crippen molar-refractivity contribution < 1.29 is 0 Å². The van der Waals surface area contributed by atoms with Crippen molar-refractivity contribution in [1.29, 1.82) is 0 Å². The molecule has 0 aliphatic heterocycles. The molecule has 0 saturated heterocycles. The van der Waals surface area contributed by atoms with Crippen molar-refractivity contribution in [3.8, 4) is 33.5 Å². The molecule has 2 heterocycles. The molecule has 2 heteroatoms. The van der Waals surface area contributed by atoms with Gasteiger partial charge >= 0.3 is 0 Å². The molecule has 2 nitrogen and oxygen atoms in total. The highest BCUT2D eigenvalue weighted by atomic mass is 14.7. The first-order valence-corrected chi connectivity index (χ1v) is 10.7. The number of hydrogen-bond acceptors (Lipinski definition) is 2. The fourth-order valence-electron chi connectivity index (χ4n) is 4.85. The molecule has 31 heavy (non-hydrogen) atoms. The van der Waals surface area contributed by atoms with E-state index in [2.05, 4.69) is 84.5 Å². The third-order valence-electron chi connectivity index (χ3n) is 6.58. The highest BCUT2D eigenvalue weighted by molar-refractivity contribution is 5.92. The molecule has 0 radical (unpaired) electrons. The molecular weight excluding hydrogens is 376 g/mol. The molecule has 148 valence electrons. The molecule has 0 N–H and O–H groups in total. The second-order valence-corrected chi connectivity index (χ2v) is 8.77. The summed E-state index contributed by atoms with van der Waals surface area (Å²) in [5.41, 5.74) is 11.0. The summed E-state index contributed by atoms with van der Waals surface area (Å²) in [5.74, 6) is 0. The molecule has 2 aromatic heterocycles. The number of rotatable bonds is 2. The van der Waals surface area contributed by atoms with Gasteiger partial charge in [0.1, 0.15) is 0 Å². The second-order valence-electron chi connectivity index (χ2n) is 8.77. The van der Waals surface area contributed by atoms with E-state index in [1.165, 1.54) is 38.8 Å². The van der Waals surface area contributed by atoms with Gasteiger partial charge in [-0.1, -0.05) is 62.4 Å². The van der Waals surface area contributed by atoms with E-state index >= 15 is 0 Å². The van der Waals surface area contributed by atoms with Crippen LogP contribution in [0, 0.1) is 0 Å². The van der Waals surface area contributed by atoms with Gasteiger partial charge < -0.3 is 0 Å². The highest BCUT2D eigenvalue weighted by Crippen LogP contribution is 2.50. The van der Waals surface area contributed by atoms with Crippen LogP contribution in [0.4, 0.5) is 0 Å². The van der Waals surface area contributed by atoms with E-state index in [0.717, 1.165) is 16.8 Å². The van der Waals surface area contributed by atoms with Gasteiger partial charge in [-0.25, -0.2) is 0 Å². The van der Waals surface area contributed by atoms with E-state index in [0.29, 0.717) is 0 Å². The van der Waals surface area contributed by atoms with Crippen molar-refractivity contribution in [2.75, 3.05) is 0 Å². The van der Waals surface area contributed by atoms with Gasteiger partial charge in [0.15, 0.2) is 0 Å². The maximum atomic E-state index is 4.58. The fraction of sp³-hybridized carbons (Fsp3) is 0.103. The van der Waals surface area contributed by atoms with Crippen molar-refractivity contribution in [2.24, 2.45) is 0 Å². The van der Waals surface area contributed by atoms with Crippen LogP contribution >= 0.6 is 0 Å². The van der Waals surface area contributed by atoms with E-state index in [1.54, 1.807) is 0 Å². The predicted molar refractivity (Wildman–Crippen MR) is 128 cm³/mol. The molecule has 0 bridgehead atoms. The van der Waals surface area contributed by atoms with Gasteiger partial charge in [0, 0.05) is 28.8 Å². The fourth-order valence-corrected chi connectivity index (χ4v) is 4.85. The summed E-state index contributed by atoms with van der Waals surface area (Å²) in [6.45, 7) is 4.64. The monoisotopic (exact) mass is 398 g/mol. The predicted octanol–water partition coefficient (Wildman–Crippen LogP) is 7.27. The Balaban J connectivity index is 1.44. The molecule has 6 rings (SSSR count). The van der Waals surface area contributed by atoms with Crippen molar-refractivity contribution in [1.82, 2.24) is 9.97 Å². The minimum absolute atomic E-state index is 0.0553. The Kier molecular flexibility index (Phi) is 3.85. The van der Waals surface area contributed by atoms with E-state index in [4.69, 9.17) is 0 Å². The lowest BCUT2D eigenvalue weighted by atomic mass is 9.81. The van der Waals surface area contributed by atoms with Crippen LogP contribution in [-0.4, -0.2) is 9.97 Å². The van der Waals surface area contributed by atoms with Crippen molar-refractivity contribution >= 4 is 10.9 Å². The Morgan fingerprint density at radius 1 is 0.581 bits per heavy atom. The smallest absolute Gasteiger partial charge is 0.0705 e. The first kappa shape index (κ1) is 18.0. The quantitative estimate of drug-likeness (QED) is 0.312. The zero-order valence-electron chi connectivity index (χ0n) is 17.6. The third-order valence-corrected chi connectivity index (χ3v) is 6.58.